The maximum atomic E-state index is 13.0. The number of hydrogen-bond acceptors (Lipinski definition) is 6. The molecule has 0 aliphatic rings. The predicted octanol–water partition coefficient (Wildman–Crippen LogP) is 3.96. The summed E-state index contributed by atoms with van der Waals surface area (Å²) in [7, 11) is -3.52. The summed E-state index contributed by atoms with van der Waals surface area (Å²) < 4.78 is 59.5. The van der Waals surface area contributed by atoms with E-state index in [1.807, 2.05) is 0 Å². The number of aryl methyl sites for hydroxylation is 1. The van der Waals surface area contributed by atoms with E-state index in [9.17, 15) is 21.6 Å². The molecule has 0 aliphatic heterocycles. The third-order valence-corrected chi connectivity index (χ3v) is 8.70. The number of methoxy groups -OCH3 is 1. The van der Waals surface area contributed by atoms with Crippen LogP contribution in [0.4, 0.5) is 11.4 Å². The Kier molecular flexibility index (Phi) is 7.75. The van der Waals surface area contributed by atoms with Crippen LogP contribution in [0.25, 0.3) is 0 Å². The molecule has 9 nitrogen and oxygen atoms in total. The molecule has 2 N–H and O–H groups in total. The molecule has 0 aromatic heterocycles. The topological polar surface area (TPSA) is 122 Å². The average molecular weight is 538 g/mol. The van der Waals surface area contributed by atoms with Gasteiger partial charge in [0, 0.05) is 25.5 Å². The van der Waals surface area contributed by atoms with Gasteiger partial charge >= 0.3 is 0 Å². The normalized spacial score (nSPS) is 11.8. The molecule has 0 saturated carbocycles. The number of hydrogen-bond donors (Lipinski definition) is 2. The minimum Gasteiger partial charge on any atom is -0.497 e. The highest BCUT2D eigenvalue weighted by atomic mass is 35.5. The summed E-state index contributed by atoms with van der Waals surface area (Å²) in [6.45, 7) is 1.63. The Morgan fingerprint density at radius 1 is 0.914 bits per heavy atom. The maximum absolute atomic E-state index is 13.0. The second-order valence-electron chi connectivity index (χ2n) is 7.70. The zero-order valence-corrected chi connectivity index (χ0v) is 21.8. The highest BCUT2D eigenvalue weighted by Gasteiger charge is 2.22. The number of halogens is 1. The molecule has 0 spiro atoms. The number of nitrogens with one attached hydrogen (secondary N) is 2. The van der Waals surface area contributed by atoms with Crippen molar-refractivity contribution in [3.8, 4) is 5.75 Å². The highest BCUT2D eigenvalue weighted by Crippen LogP contribution is 2.26. The Balaban J connectivity index is 1.89. The highest BCUT2D eigenvalue weighted by molar-refractivity contribution is 7.92. The second kappa shape index (κ2) is 10.2. The van der Waals surface area contributed by atoms with Crippen molar-refractivity contribution < 1.29 is 26.4 Å². The SMILES string of the molecule is COc1ccc(NS(=O)(=O)c2cc(NC(=O)c3cc(S(=O)(=O)N(C)C)ccc3Cl)ccc2C)cc1. The van der Waals surface area contributed by atoms with Crippen LogP contribution in [0.15, 0.2) is 70.5 Å². The standard InChI is InChI=1S/C23H24ClN3O6S2/c1-15-5-6-17(13-22(15)34(29,30)26-16-7-9-18(33-4)10-8-16)25-23(28)20-14-19(11-12-21(20)24)35(31,32)27(2)3/h5-14,26H,1-4H3,(H,25,28). The molecule has 0 bridgehead atoms. The summed E-state index contributed by atoms with van der Waals surface area (Å²) in [4.78, 5) is 12.8. The Labute approximate surface area is 209 Å². The molecule has 1 amide bonds. The van der Waals surface area contributed by atoms with Gasteiger partial charge in [0.25, 0.3) is 15.9 Å². The number of carbonyl (C=O) groups excluding carboxylic acids is 1. The van der Waals surface area contributed by atoms with Crippen LogP contribution < -0.4 is 14.8 Å². The van der Waals surface area contributed by atoms with Crippen molar-refractivity contribution >= 4 is 48.9 Å². The van der Waals surface area contributed by atoms with Crippen molar-refractivity contribution in [3.63, 3.8) is 0 Å². The second-order valence-corrected chi connectivity index (χ2v) is 11.9. The molecule has 0 unspecified atom stereocenters. The number of benzene rings is 3. The van der Waals surface area contributed by atoms with Crippen LogP contribution in [0, 0.1) is 6.92 Å². The monoisotopic (exact) mass is 537 g/mol. The van der Waals surface area contributed by atoms with Gasteiger partial charge in [0.2, 0.25) is 10.0 Å². The zero-order chi connectivity index (χ0) is 26.0. The average Bonchev–Trinajstić information content (AvgIpc) is 2.80. The molecule has 3 aromatic carbocycles. The number of nitrogens with zero attached hydrogens (tertiary/aromatic N) is 1. The Morgan fingerprint density at radius 3 is 2.14 bits per heavy atom. The smallest absolute Gasteiger partial charge is 0.262 e. The van der Waals surface area contributed by atoms with E-state index in [2.05, 4.69) is 10.0 Å². The number of anilines is 2. The summed E-state index contributed by atoms with van der Waals surface area (Å²) in [5.74, 6) is -0.115. The van der Waals surface area contributed by atoms with Crippen molar-refractivity contribution in [1.82, 2.24) is 4.31 Å². The van der Waals surface area contributed by atoms with E-state index < -0.39 is 26.0 Å². The summed E-state index contributed by atoms with van der Waals surface area (Å²) in [5, 5.41) is 2.63. The first kappa shape index (κ1) is 26.5. The van der Waals surface area contributed by atoms with E-state index in [1.165, 1.54) is 51.5 Å². The van der Waals surface area contributed by atoms with Gasteiger partial charge in [-0.1, -0.05) is 17.7 Å². The van der Waals surface area contributed by atoms with E-state index in [0.29, 0.717) is 17.0 Å². The lowest BCUT2D eigenvalue weighted by molar-refractivity contribution is 0.102. The van der Waals surface area contributed by atoms with Crippen LogP contribution in [0.1, 0.15) is 15.9 Å². The fourth-order valence-corrected chi connectivity index (χ4v) is 5.55. The molecule has 186 valence electrons. The zero-order valence-electron chi connectivity index (χ0n) is 19.4. The van der Waals surface area contributed by atoms with E-state index in [-0.39, 0.29) is 26.1 Å². The first-order valence-electron chi connectivity index (χ1n) is 10.2. The molecule has 0 fully saturated rings. The van der Waals surface area contributed by atoms with E-state index in [0.717, 1.165) is 4.31 Å². The van der Waals surface area contributed by atoms with Crippen molar-refractivity contribution in [2.75, 3.05) is 31.2 Å². The minimum atomic E-state index is -3.98. The Hall–Kier alpha value is -3.12. The largest absolute Gasteiger partial charge is 0.497 e. The molecule has 3 aromatic rings. The number of rotatable bonds is 8. The van der Waals surface area contributed by atoms with E-state index in [4.69, 9.17) is 16.3 Å². The van der Waals surface area contributed by atoms with Gasteiger partial charge in [-0.05, 0) is 67.1 Å². The van der Waals surface area contributed by atoms with Crippen molar-refractivity contribution in [3.05, 3.63) is 76.8 Å². The molecule has 35 heavy (non-hydrogen) atoms. The molecule has 0 aliphatic carbocycles. The van der Waals surface area contributed by atoms with Crippen LogP contribution in [-0.2, 0) is 20.0 Å². The molecule has 0 saturated heterocycles. The lowest BCUT2D eigenvalue weighted by Crippen LogP contribution is -2.23. The summed E-state index contributed by atoms with van der Waals surface area (Å²) in [6.07, 6.45) is 0. The molecule has 3 rings (SSSR count). The molecular weight excluding hydrogens is 514 g/mol. The Bertz CT molecular complexity index is 1470. The van der Waals surface area contributed by atoms with Gasteiger partial charge in [-0.2, -0.15) is 0 Å². The number of carbonyl (C=O) groups is 1. The maximum Gasteiger partial charge on any atom is 0.262 e. The van der Waals surface area contributed by atoms with Gasteiger partial charge in [0.05, 0.1) is 27.5 Å². The van der Waals surface area contributed by atoms with Crippen LogP contribution in [0.2, 0.25) is 5.02 Å². The van der Waals surface area contributed by atoms with Gasteiger partial charge < -0.3 is 10.1 Å². The van der Waals surface area contributed by atoms with Crippen LogP contribution in [0.3, 0.4) is 0 Å². The summed E-state index contributed by atoms with van der Waals surface area (Å²) in [6, 6.07) is 14.6. The van der Waals surface area contributed by atoms with Gasteiger partial charge in [0.15, 0.2) is 0 Å². The van der Waals surface area contributed by atoms with Crippen molar-refractivity contribution in [2.45, 2.75) is 16.7 Å². The minimum absolute atomic E-state index is 0.0406. The van der Waals surface area contributed by atoms with Crippen LogP contribution >= 0.6 is 11.6 Å². The van der Waals surface area contributed by atoms with Gasteiger partial charge in [-0.15, -0.1) is 0 Å². The predicted molar refractivity (Wildman–Crippen MR) is 135 cm³/mol. The van der Waals surface area contributed by atoms with Crippen molar-refractivity contribution in [1.29, 1.82) is 0 Å². The molecule has 0 atom stereocenters. The van der Waals surface area contributed by atoms with Gasteiger partial charge in [-0.3, -0.25) is 9.52 Å². The Morgan fingerprint density at radius 2 is 1.54 bits per heavy atom. The number of ether oxygens (including phenoxy) is 1. The van der Waals surface area contributed by atoms with Gasteiger partial charge in [-0.25, -0.2) is 21.1 Å². The first-order chi connectivity index (χ1) is 16.3. The summed E-state index contributed by atoms with van der Waals surface area (Å²) in [5.41, 5.74) is 0.912. The number of amides is 1. The molecule has 12 heteroatoms. The van der Waals surface area contributed by atoms with E-state index in [1.54, 1.807) is 37.3 Å². The molecule has 0 radical (unpaired) electrons. The molecular formula is C23H24ClN3O6S2. The fourth-order valence-electron chi connectivity index (χ4n) is 3.08. The van der Waals surface area contributed by atoms with E-state index >= 15 is 0 Å². The van der Waals surface area contributed by atoms with Gasteiger partial charge in [0.1, 0.15) is 5.75 Å². The van der Waals surface area contributed by atoms with Crippen LogP contribution in [-0.4, -0.2) is 48.3 Å². The quantitative estimate of drug-likeness (QED) is 0.448. The number of sulfonamides is 2. The van der Waals surface area contributed by atoms with Crippen molar-refractivity contribution in [2.24, 2.45) is 0 Å². The lowest BCUT2D eigenvalue weighted by Gasteiger charge is -2.15. The third-order valence-electron chi connectivity index (χ3n) is 5.04. The lowest BCUT2D eigenvalue weighted by atomic mass is 10.2. The van der Waals surface area contributed by atoms with Crippen LogP contribution in [0.5, 0.6) is 5.75 Å². The fraction of sp³-hybridized carbons (Fsp3) is 0.174. The third kappa shape index (κ3) is 5.93. The first-order valence-corrected chi connectivity index (χ1v) is 13.5. The summed E-state index contributed by atoms with van der Waals surface area (Å²) >= 11 is 6.14. The molecule has 0 heterocycles.